The van der Waals surface area contributed by atoms with Crippen LogP contribution in [0.2, 0.25) is 0 Å². The predicted molar refractivity (Wildman–Crippen MR) is 59.9 cm³/mol. The second-order valence-corrected chi connectivity index (χ2v) is 3.32. The van der Waals surface area contributed by atoms with E-state index >= 15 is 0 Å². The molecule has 82 valence electrons. The summed E-state index contributed by atoms with van der Waals surface area (Å²) in [4.78, 5) is 11.3. The van der Waals surface area contributed by atoms with Gasteiger partial charge in [-0.3, -0.25) is 4.79 Å². The summed E-state index contributed by atoms with van der Waals surface area (Å²) >= 11 is 5.43. The van der Waals surface area contributed by atoms with E-state index in [1.807, 2.05) is 18.2 Å². The molecule has 3 nitrogen and oxygen atoms in total. The summed E-state index contributed by atoms with van der Waals surface area (Å²) in [5, 5.41) is 2.75. The molecule has 1 rings (SSSR count). The first kappa shape index (κ1) is 11.9. The van der Waals surface area contributed by atoms with Crippen LogP contribution in [0.4, 0.5) is 0 Å². The monoisotopic (exact) mass is 227 g/mol. The molecule has 0 atom stereocenters. The van der Waals surface area contributed by atoms with Gasteiger partial charge in [0.05, 0.1) is 6.26 Å². The van der Waals surface area contributed by atoms with E-state index in [2.05, 4.69) is 5.32 Å². The molecule has 0 saturated heterocycles. The number of carbonyl (C=O) groups is 1. The molecular weight excluding hydrogens is 214 g/mol. The van der Waals surface area contributed by atoms with Gasteiger partial charge in [0.25, 0.3) is 0 Å². The lowest BCUT2D eigenvalue weighted by molar-refractivity contribution is -0.120. The number of hydrogen-bond acceptors (Lipinski definition) is 2. The van der Waals surface area contributed by atoms with E-state index in [0.29, 0.717) is 25.3 Å². The summed E-state index contributed by atoms with van der Waals surface area (Å²) in [6.07, 6.45) is 6.32. The number of allylic oxidation sites excluding steroid dienone is 1. The molecule has 0 fully saturated rings. The smallest absolute Gasteiger partial charge is 0.220 e. The summed E-state index contributed by atoms with van der Waals surface area (Å²) < 4.78 is 5.12. The van der Waals surface area contributed by atoms with Gasteiger partial charge in [-0.15, -0.1) is 11.6 Å². The van der Waals surface area contributed by atoms with Gasteiger partial charge >= 0.3 is 0 Å². The molecule has 0 aromatic carbocycles. The normalized spacial score (nSPS) is 10.7. The van der Waals surface area contributed by atoms with Crippen LogP contribution in [0, 0.1) is 0 Å². The highest BCUT2D eigenvalue weighted by Gasteiger charge is 2.01. The Hall–Kier alpha value is -1.22. The number of alkyl halides is 1. The van der Waals surface area contributed by atoms with Crippen LogP contribution in [0.25, 0.3) is 0 Å². The van der Waals surface area contributed by atoms with Gasteiger partial charge in [0.15, 0.2) is 0 Å². The van der Waals surface area contributed by atoms with Crippen molar-refractivity contribution in [1.29, 1.82) is 0 Å². The van der Waals surface area contributed by atoms with Crippen molar-refractivity contribution in [2.24, 2.45) is 0 Å². The van der Waals surface area contributed by atoms with Crippen LogP contribution in [0.15, 0.2) is 35.0 Å². The highest BCUT2D eigenvalue weighted by Crippen LogP contribution is 2.02. The maximum absolute atomic E-state index is 11.3. The van der Waals surface area contributed by atoms with Crippen molar-refractivity contribution < 1.29 is 9.21 Å². The van der Waals surface area contributed by atoms with E-state index in [4.69, 9.17) is 16.0 Å². The summed E-state index contributed by atoms with van der Waals surface area (Å²) in [6, 6.07) is 3.68. The zero-order valence-electron chi connectivity index (χ0n) is 8.41. The Morgan fingerprint density at radius 2 is 2.40 bits per heavy atom. The lowest BCUT2D eigenvalue weighted by Gasteiger charge is -2.00. The highest BCUT2D eigenvalue weighted by atomic mass is 35.5. The average Bonchev–Trinajstić information content (AvgIpc) is 2.74. The minimum atomic E-state index is 0.0191. The first-order chi connectivity index (χ1) is 7.33. The number of rotatable bonds is 6. The van der Waals surface area contributed by atoms with Gasteiger partial charge < -0.3 is 9.73 Å². The van der Waals surface area contributed by atoms with E-state index in [9.17, 15) is 4.79 Å². The van der Waals surface area contributed by atoms with Crippen LogP contribution in [-0.4, -0.2) is 18.3 Å². The van der Waals surface area contributed by atoms with Crippen molar-refractivity contribution in [3.63, 3.8) is 0 Å². The zero-order valence-corrected chi connectivity index (χ0v) is 9.17. The summed E-state index contributed by atoms with van der Waals surface area (Å²) in [5.74, 6) is 1.33. The number of amides is 1. The molecule has 1 aromatic rings. The van der Waals surface area contributed by atoms with Gasteiger partial charge in [0.2, 0.25) is 5.91 Å². The van der Waals surface area contributed by atoms with Gasteiger partial charge in [-0.25, -0.2) is 0 Å². The van der Waals surface area contributed by atoms with E-state index in [-0.39, 0.29) is 5.91 Å². The van der Waals surface area contributed by atoms with Gasteiger partial charge in [0, 0.05) is 25.3 Å². The third-order valence-corrected chi connectivity index (χ3v) is 2.03. The van der Waals surface area contributed by atoms with Gasteiger partial charge in [-0.2, -0.15) is 0 Å². The fourth-order valence-electron chi connectivity index (χ4n) is 1.10. The SMILES string of the molecule is O=C(CCc1ccco1)NC/C=C/CCl. The van der Waals surface area contributed by atoms with Crippen molar-refractivity contribution in [3.05, 3.63) is 36.3 Å². The Labute approximate surface area is 94.1 Å². The highest BCUT2D eigenvalue weighted by molar-refractivity contribution is 6.18. The van der Waals surface area contributed by atoms with Crippen LogP contribution < -0.4 is 5.32 Å². The molecule has 15 heavy (non-hydrogen) atoms. The molecule has 0 bridgehead atoms. The fourth-order valence-corrected chi connectivity index (χ4v) is 1.23. The number of aryl methyl sites for hydroxylation is 1. The molecular formula is C11H14ClNO2. The van der Waals surface area contributed by atoms with Crippen molar-refractivity contribution >= 4 is 17.5 Å². The molecule has 1 aromatic heterocycles. The van der Waals surface area contributed by atoms with E-state index in [1.54, 1.807) is 12.3 Å². The van der Waals surface area contributed by atoms with Crippen molar-refractivity contribution in [2.75, 3.05) is 12.4 Å². The number of hydrogen-bond donors (Lipinski definition) is 1. The second kappa shape index (κ2) is 7.12. The molecule has 1 amide bonds. The van der Waals surface area contributed by atoms with E-state index < -0.39 is 0 Å². The zero-order chi connectivity index (χ0) is 10.9. The molecule has 4 heteroatoms. The largest absolute Gasteiger partial charge is 0.469 e. The Morgan fingerprint density at radius 1 is 1.53 bits per heavy atom. The van der Waals surface area contributed by atoms with Crippen LogP contribution >= 0.6 is 11.6 Å². The maximum atomic E-state index is 11.3. The second-order valence-electron chi connectivity index (χ2n) is 3.01. The van der Waals surface area contributed by atoms with Gasteiger partial charge in [-0.1, -0.05) is 12.2 Å². The van der Waals surface area contributed by atoms with Crippen molar-refractivity contribution in [3.8, 4) is 0 Å². The first-order valence-electron chi connectivity index (χ1n) is 4.83. The van der Waals surface area contributed by atoms with Crippen LogP contribution in [0.5, 0.6) is 0 Å². The summed E-state index contributed by atoms with van der Waals surface area (Å²) in [6.45, 7) is 0.531. The molecule has 1 heterocycles. The molecule has 0 aliphatic carbocycles. The summed E-state index contributed by atoms with van der Waals surface area (Å²) in [7, 11) is 0. The molecule has 0 spiro atoms. The standard InChI is InChI=1S/C11H14ClNO2/c12-7-1-2-8-13-11(14)6-5-10-4-3-9-15-10/h1-4,9H,5-8H2,(H,13,14)/b2-1+. The Bertz CT molecular complexity index is 306. The van der Waals surface area contributed by atoms with E-state index in [1.165, 1.54) is 0 Å². The summed E-state index contributed by atoms with van der Waals surface area (Å²) in [5.41, 5.74) is 0. The Balaban J connectivity index is 2.11. The minimum absolute atomic E-state index is 0.0191. The Morgan fingerprint density at radius 3 is 3.07 bits per heavy atom. The number of furan rings is 1. The lowest BCUT2D eigenvalue weighted by atomic mass is 10.2. The van der Waals surface area contributed by atoms with Gasteiger partial charge in [-0.05, 0) is 12.1 Å². The lowest BCUT2D eigenvalue weighted by Crippen LogP contribution is -2.23. The third kappa shape index (κ3) is 5.27. The number of carbonyl (C=O) groups excluding carboxylic acids is 1. The molecule has 1 N–H and O–H groups in total. The molecule has 0 saturated carbocycles. The number of nitrogens with one attached hydrogen (secondary N) is 1. The van der Waals surface area contributed by atoms with Crippen LogP contribution in [0.1, 0.15) is 12.2 Å². The third-order valence-electron chi connectivity index (χ3n) is 1.85. The van der Waals surface area contributed by atoms with Crippen LogP contribution in [-0.2, 0) is 11.2 Å². The molecule has 0 radical (unpaired) electrons. The number of halogens is 1. The maximum Gasteiger partial charge on any atom is 0.220 e. The topological polar surface area (TPSA) is 42.2 Å². The minimum Gasteiger partial charge on any atom is -0.469 e. The van der Waals surface area contributed by atoms with Gasteiger partial charge in [0.1, 0.15) is 5.76 Å². The molecule has 0 aliphatic rings. The van der Waals surface area contributed by atoms with E-state index in [0.717, 1.165) is 5.76 Å². The van der Waals surface area contributed by atoms with Crippen molar-refractivity contribution in [2.45, 2.75) is 12.8 Å². The quantitative estimate of drug-likeness (QED) is 0.598. The predicted octanol–water partition coefficient (Wildman–Crippen LogP) is 2.12. The first-order valence-corrected chi connectivity index (χ1v) is 5.36. The van der Waals surface area contributed by atoms with Crippen molar-refractivity contribution in [1.82, 2.24) is 5.32 Å². The fraction of sp³-hybridized carbons (Fsp3) is 0.364. The Kier molecular flexibility index (Phi) is 5.63. The molecule has 0 aliphatic heterocycles. The van der Waals surface area contributed by atoms with Crippen LogP contribution in [0.3, 0.4) is 0 Å². The average molecular weight is 228 g/mol. The molecule has 0 unspecified atom stereocenters.